The number of nitrogens with zero attached hydrogens (tertiary/aromatic N) is 1. The summed E-state index contributed by atoms with van der Waals surface area (Å²) in [6, 6.07) is 9.09. The summed E-state index contributed by atoms with van der Waals surface area (Å²) in [6.45, 7) is 7.71. The van der Waals surface area contributed by atoms with Gasteiger partial charge in [0.1, 0.15) is 17.3 Å². The number of carbonyl (C=O) groups excluding carboxylic acids is 1. The van der Waals surface area contributed by atoms with Crippen LogP contribution in [0.25, 0.3) is 0 Å². The summed E-state index contributed by atoms with van der Waals surface area (Å²) < 4.78 is 35.5. The average molecular weight is 406 g/mol. The molecule has 1 aromatic heterocycles. The second-order valence-electron chi connectivity index (χ2n) is 7.62. The highest BCUT2D eigenvalue weighted by Crippen LogP contribution is 2.24. The summed E-state index contributed by atoms with van der Waals surface area (Å²) in [5, 5.41) is 0. The van der Waals surface area contributed by atoms with Gasteiger partial charge in [0.15, 0.2) is 15.9 Å². The van der Waals surface area contributed by atoms with Gasteiger partial charge in [0.05, 0.1) is 18.1 Å². The largest absolute Gasteiger partial charge is 0.481 e. The third kappa shape index (κ3) is 4.95. The van der Waals surface area contributed by atoms with E-state index in [2.05, 4.69) is 0 Å². The Morgan fingerprint density at radius 2 is 1.89 bits per heavy atom. The standard InChI is InChI=1S/C21H27NO5S/c1-14-9-15(2)11-20(10-14)27-17(4)21(23)22(12-19-6-5-16(3)26-19)18-7-8-28(24,25)13-18/h5-6,9-11,17-18H,7-8,12-13H2,1-4H3/t17-,18+/m1/s1. The predicted molar refractivity (Wildman–Crippen MR) is 107 cm³/mol. The molecule has 1 amide bonds. The average Bonchev–Trinajstić information content (AvgIpc) is 3.15. The Balaban J connectivity index is 1.80. The van der Waals surface area contributed by atoms with E-state index in [9.17, 15) is 13.2 Å². The van der Waals surface area contributed by atoms with Gasteiger partial charge in [0.2, 0.25) is 0 Å². The summed E-state index contributed by atoms with van der Waals surface area (Å²) in [7, 11) is -3.12. The molecule has 0 saturated carbocycles. The van der Waals surface area contributed by atoms with Gasteiger partial charge in [-0.2, -0.15) is 0 Å². The Bertz CT molecular complexity index is 943. The number of hydrogen-bond donors (Lipinski definition) is 0. The monoisotopic (exact) mass is 405 g/mol. The van der Waals surface area contributed by atoms with Gasteiger partial charge in [-0.05, 0) is 69.5 Å². The van der Waals surface area contributed by atoms with Crippen molar-refractivity contribution in [3.8, 4) is 5.75 Å². The molecule has 0 N–H and O–H groups in total. The molecule has 0 bridgehead atoms. The first-order chi connectivity index (χ1) is 13.1. The van der Waals surface area contributed by atoms with Crippen LogP contribution in [0.4, 0.5) is 0 Å². The van der Waals surface area contributed by atoms with Crippen molar-refractivity contribution < 1.29 is 22.4 Å². The number of amides is 1. The molecule has 1 aliphatic rings. The van der Waals surface area contributed by atoms with E-state index >= 15 is 0 Å². The van der Waals surface area contributed by atoms with Crippen molar-refractivity contribution in [2.24, 2.45) is 0 Å². The molecule has 0 unspecified atom stereocenters. The number of benzene rings is 1. The third-order valence-corrected chi connectivity index (χ3v) is 6.66. The summed E-state index contributed by atoms with van der Waals surface area (Å²) in [5.41, 5.74) is 2.11. The molecule has 2 aromatic rings. The van der Waals surface area contributed by atoms with Crippen molar-refractivity contribution in [3.63, 3.8) is 0 Å². The zero-order valence-electron chi connectivity index (χ0n) is 16.8. The Morgan fingerprint density at radius 1 is 1.21 bits per heavy atom. The van der Waals surface area contributed by atoms with Crippen LogP contribution in [0.1, 0.15) is 36.0 Å². The van der Waals surface area contributed by atoms with Crippen LogP contribution < -0.4 is 4.74 Å². The molecular weight excluding hydrogens is 378 g/mol. The Kier molecular flexibility index (Phi) is 5.84. The summed E-state index contributed by atoms with van der Waals surface area (Å²) in [4.78, 5) is 14.8. The van der Waals surface area contributed by atoms with Crippen molar-refractivity contribution in [1.82, 2.24) is 4.90 Å². The molecular formula is C21H27NO5S. The topological polar surface area (TPSA) is 76.8 Å². The molecule has 0 spiro atoms. The van der Waals surface area contributed by atoms with Crippen molar-refractivity contribution in [1.29, 1.82) is 0 Å². The van der Waals surface area contributed by atoms with E-state index in [4.69, 9.17) is 9.15 Å². The first kappa shape index (κ1) is 20.5. The van der Waals surface area contributed by atoms with E-state index in [1.54, 1.807) is 11.8 Å². The van der Waals surface area contributed by atoms with E-state index in [1.165, 1.54) is 0 Å². The molecule has 0 aliphatic carbocycles. The zero-order valence-corrected chi connectivity index (χ0v) is 17.6. The lowest BCUT2D eigenvalue weighted by molar-refractivity contribution is -0.141. The molecule has 3 rings (SSSR count). The van der Waals surface area contributed by atoms with Gasteiger partial charge in [-0.25, -0.2) is 8.42 Å². The van der Waals surface area contributed by atoms with Crippen molar-refractivity contribution >= 4 is 15.7 Å². The van der Waals surface area contributed by atoms with Crippen LogP contribution in [-0.4, -0.2) is 42.9 Å². The minimum atomic E-state index is -3.12. The van der Waals surface area contributed by atoms with Crippen molar-refractivity contribution in [2.45, 2.75) is 52.8 Å². The van der Waals surface area contributed by atoms with Crippen molar-refractivity contribution in [2.75, 3.05) is 11.5 Å². The molecule has 7 heteroatoms. The fourth-order valence-corrected chi connectivity index (χ4v) is 5.37. The van der Waals surface area contributed by atoms with Crippen LogP contribution in [0.3, 0.4) is 0 Å². The highest BCUT2D eigenvalue weighted by Gasteiger charge is 2.37. The fourth-order valence-electron chi connectivity index (χ4n) is 3.64. The predicted octanol–water partition coefficient (Wildman–Crippen LogP) is 3.19. The first-order valence-corrected chi connectivity index (χ1v) is 11.3. The maximum Gasteiger partial charge on any atom is 0.264 e. The van der Waals surface area contributed by atoms with Crippen LogP contribution in [0.15, 0.2) is 34.7 Å². The normalized spacial score (nSPS) is 19.4. The van der Waals surface area contributed by atoms with E-state index in [-0.39, 0.29) is 30.0 Å². The van der Waals surface area contributed by atoms with Crippen molar-refractivity contribution in [3.05, 3.63) is 53.0 Å². The van der Waals surface area contributed by atoms with E-state index in [1.807, 2.05) is 51.1 Å². The lowest BCUT2D eigenvalue weighted by Gasteiger charge is -2.30. The first-order valence-electron chi connectivity index (χ1n) is 9.44. The number of furan rings is 1. The zero-order chi connectivity index (χ0) is 20.5. The number of ether oxygens (including phenoxy) is 1. The molecule has 6 nitrogen and oxygen atoms in total. The number of aryl methyl sites for hydroxylation is 3. The maximum absolute atomic E-state index is 13.2. The number of rotatable bonds is 6. The molecule has 2 heterocycles. The van der Waals surface area contributed by atoms with Gasteiger partial charge < -0.3 is 14.1 Å². The lowest BCUT2D eigenvalue weighted by atomic mass is 10.1. The van der Waals surface area contributed by atoms with Crippen LogP contribution in [0.2, 0.25) is 0 Å². The summed E-state index contributed by atoms with van der Waals surface area (Å²) >= 11 is 0. The van der Waals surface area contributed by atoms with Gasteiger partial charge in [-0.1, -0.05) is 6.07 Å². The molecule has 1 aromatic carbocycles. The second kappa shape index (κ2) is 7.99. The smallest absolute Gasteiger partial charge is 0.264 e. The van der Waals surface area contributed by atoms with Gasteiger partial charge in [-0.15, -0.1) is 0 Å². The van der Waals surface area contributed by atoms with Crippen LogP contribution in [0.5, 0.6) is 5.75 Å². The maximum atomic E-state index is 13.2. The summed E-state index contributed by atoms with van der Waals surface area (Å²) in [6.07, 6.45) is -0.301. The number of carbonyl (C=O) groups is 1. The fraction of sp³-hybridized carbons (Fsp3) is 0.476. The Hall–Kier alpha value is -2.28. The lowest BCUT2D eigenvalue weighted by Crippen LogP contribution is -2.46. The third-order valence-electron chi connectivity index (χ3n) is 4.91. The molecule has 1 fully saturated rings. The highest BCUT2D eigenvalue weighted by atomic mass is 32.2. The van der Waals surface area contributed by atoms with Crippen LogP contribution in [0, 0.1) is 20.8 Å². The van der Waals surface area contributed by atoms with E-state index < -0.39 is 15.9 Å². The molecule has 152 valence electrons. The van der Waals surface area contributed by atoms with Gasteiger partial charge in [0.25, 0.3) is 5.91 Å². The number of sulfone groups is 1. The SMILES string of the molecule is Cc1cc(C)cc(O[C@H](C)C(=O)N(Cc2ccc(C)o2)[C@H]2CCS(=O)(=O)C2)c1. The Labute approximate surface area is 166 Å². The van der Waals surface area contributed by atoms with Crippen LogP contribution in [-0.2, 0) is 21.2 Å². The molecule has 2 atom stereocenters. The van der Waals surface area contributed by atoms with Gasteiger partial charge >= 0.3 is 0 Å². The molecule has 1 saturated heterocycles. The second-order valence-corrected chi connectivity index (χ2v) is 9.85. The molecule has 1 aliphatic heterocycles. The highest BCUT2D eigenvalue weighted by molar-refractivity contribution is 7.91. The minimum Gasteiger partial charge on any atom is -0.481 e. The number of hydrogen-bond acceptors (Lipinski definition) is 5. The van der Waals surface area contributed by atoms with E-state index in [0.29, 0.717) is 17.9 Å². The summed E-state index contributed by atoms with van der Waals surface area (Å²) in [5.74, 6) is 1.86. The molecule has 28 heavy (non-hydrogen) atoms. The van der Waals surface area contributed by atoms with Gasteiger partial charge in [-0.3, -0.25) is 4.79 Å². The van der Waals surface area contributed by atoms with Crippen LogP contribution >= 0.6 is 0 Å². The quantitative estimate of drug-likeness (QED) is 0.738. The Morgan fingerprint density at radius 3 is 2.43 bits per heavy atom. The molecule has 0 radical (unpaired) electrons. The van der Waals surface area contributed by atoms with Gasteiger partial charge in [0, 0.05) is 6.04 Å². The van der Waals surface area contributed by atoms with E-state index in [0.717, 1.165) is 16.9 Å². The minimum absolute atomic E-state index is 0.0191.